The van der Waals surface area contributed by atoms with E-state index in [1.165, 1.54) is 23.5 Å². The van der Waals surface area contributed by atoms with Crippen molar-refractivity contribution in [2.45, 2.75) is 63.6 Å². The molecule has 5 rings (SSSR count). The lowest BCUT2D eigenvalue weighted by Gasteiger charge is -2.22. The fraction of sp³-hybridized carbons (Fsp3) is 0.500. The molecule has 1 aromatic heterocycles. The van der Waals surface area contributed by atoms with E-state index in [0.717, 1.165) is 40.2 Å². The van der Waals surface area contributed by atoms with Crippen LogP contribution in [0.15, 0.2) is 17.3 Å². The summed E-state index contributed by atoms with van der Waals surface area (Å²) in [7, 11) is 0. The van der Waals surface area contributed by atoms with Crippen LogP contribution < -0.4 is 0 Å². The first kappa shape index (κ1) is 27.4. The molecular weight excluding hydrogens is 567 g/mol. The molecule has 2 aromatic rings. The third-order valence-corrected chi connectivity index (χ3v) is 9.32. The summed E-state index contributed by atoms with van der Waals surface area (Å²) in [5.74, 6) is -2.32. The Kier molecular flexibility index (Phi) is 7.28. The van der Waals surface area contributed by atoms with Gasteiger partial charge in [0.25, 0.3) is 0 Å². The molecule has 0 N–H and O–H groups in total. The topological polar surface area (TPSA) is 59.0 Å². The van der Waals surface area contributed by atoms with E-state index in [1.54, 1.807) is 6.92 Å². The predicted molar refractivity (Wildman–Crippen MR) is 137 cm³/mol. The first-order chi connectivity index (χ1) is 17.9. The molecule has 38 heavy (non-hydrogen) atoms. The van der Waals surface area contributed by atoms with E-state index < -0.39 is 36.0 Å². The average molecular weight is 591 g/mol. The molecule has 0 bridgehead atoms. The largest absolute Gasteiger partial charge is 0.406 e. The molecule has 2 atom stereocenters. The number of fused-ring (bicyclic) bond motifs is 1. The monoisotopic (exact) mass is 590 g/mol. The number of halogens is 6. The number of amides is 1. The summed E-state index contributed by atoms with van der Waals surface area (Å²) >= 11 is 13.3. The van der Waals surface area contributed by atoms with Gasteiger partial charge in [-0.05, 0) is 62.3 Å². The number of benzene rings is 1. The fourth-order valence-electron chi connectivity index (χ4n) is 5.45. The molecule has 2 unspecified atom stereocenters. The van der Waals surface area contributed by atoms with Gasteiger partial charge in [-0.25, -0.2) is 4.39 Å². The Morgan fingerprint density at radius 1 is 1.21 bits per heavy atom. The number of ketones is 1. The quantitative estimate of drug-likeness (QED) is 0.205. The van der Waals surface area contributed by atoms with Crippen molar-refractivity contribution in [1.29, 1.82) is 0 Å². The number of nitrogens with zero attached hydrogens (tertiary/aromatic N) is 2. The summed E-state index contributed by atoms with van der Waals surface area (Å²) in [4.78, 5) is 33.9. The van der Waals surface area contributed by atoms with Crippen molar-refractivity contribution in [1.82, 2.24) is 4.90 Å². The maximum atomic E-state index is 14.0. The van der Waals surface area contributed by atoms with Crippen LogP contribution in [-0.4, -0.2) is 41.6 Å². The van der Waals surface area contributed by atoms with E-state index in [-0.39, 0.29) is 35.2 Å². The minimum atomic E-state index is -4.47. The summed E-state index contributed by atoms with van der Waals surface area (Å²) < 4.78 is 52.3. The summed E-state index contributed by atoms with van der Waals surface area (Å²) in [5, 5.41) is 4.08. The molecule has 0 saturated carbocycles. The first-order valence-electron chi connectivity index (χ1n) is 12.3. The number of rotatable bonds is 6. The van der Waals surface area contributed by atoms with Gasteiger partial charge in [-0.15, -0.1) is 11.3 Å². The highest BCUT2D eigenvalue weighted by molar-refractivity contribution is 7.16. The Labute approximate surface area is 230 Å². The van der Waals surface area contributed by atoms with Crippen LogP contribution in [0.5, 0.6) is 0 Å². The van der Waals surface area contributed by atoms with Crippen molar-refractivity contribution < 1.29 is 32.0 Å². The maximum absolute atomic E-state index is 14.0. The molecule has 1 aromatic carbocycles. The van der Waals surface area contributed by atoms with Gasteiger partial charge in [0.05, 0.1) is 19.8 Å². The zero-order valence-corrected chi connectivity index (χ0v) is 22.7. The lowest BCUT2D eigenvalue weighted by molar-refractivity contribution is -0.158. The Bertz CT molecular complexity index is 1320. The lowest BCUT2D eigenvalue weighted by Crippen LogP contribution is -2.36. The van der Waals surface area contributed by atoms with Crippen LogP contribution in [-0.2, 0) is 28.1 Å². The van der Waals surface area contributed by atoms with Crippen molar-refractivity contribution in [3.8, 4) is 0 Å². The number of hydrogen-bond acceptors (Lipinski definition) is 5. The number of carbonyl (C=O) groups excluding carboxylic acids is 2. The van der Waals surface area contributed by atoms with Crippen LogP contribution in [0.2, 0.25) is 10.0 Å². The number of thiophene rings is 1. The summed E-state index contributed by atoms with van der Waals surface area (Å²) in [6.45, 7) is 0.500. The molecule has 12 heteroatoms. The summed E-state index contributed by atoms with van der Waals surface area (Å²) in [6.07, 6.45) is -0.681. The van der Waals surface area contributed by atoms with E-state index in [9.17, 15) is 27.2 Å². The highest BCUT2D eigenvalue weighted by Gasteiger charge is 2.42. The van der Waals surface area contributed by atoms with Gasteiger partial charge in [-0.1, -0.05) is 28.4 Å². The normalized spacial score (nSPS) is 23.4. The molecule has 1 fully saturated rings. The minimum absolute atomic E-state index is 0.00572. The smallest absolute Gasteiger partial charge is 0.384 e. The summed E-state index contributed by atoms with van der Waals surface area (Å²) in [6, 6.07) is 2.92. The van der Waals surface area contributed by atoms with Crippen molar-refractivity contribution in [2.75, 3.05) is 13.1 Å². The second-order valence-electron chi connectivity index (χ2n) is 10.2. The van der Waals surface area contributed by atoms with E-state index in [1.807, 2.05) is 0 Å². The Balaban J connectivity index is 1.37. The molecule has 2 aliphatic heterocycles. The highest BCUT2D eigenvalue weighted by atomic mass is 35.5. The number of alkyl halides is 3. The number of carbonyl (C=O) groups is 2. The zero-order valence-electron chi connectivity index (χ0n) is 20.4. The van der Waals surface area contributed by atoms with Gasteiger partial charge in [0.2, 0.25) is 5.91 Å². The van der Waals surface area contributed by atoms with Crippen LogP contribution in [0.3, 0.4) is 0 Å². The Hall–Kier alpha value is -2.17. The van der Waals surface area contributed by atoms with Crippen LogP contribution in [0.4, 0.5) is 17.6 Å². The van der Waals surface area contributed by atoms with Crippen LogP contribution >= 0.6 is 34.5 Å². The van der Waals surface area contributed by atoms with Crippen LogP contribution in [0, 0.1) is 11.7 Å². The van der Waals surface area contributed by atoms with Crippen molar-refractivity contribution in [3.05, 3.63) is 54.4 Å². The maximum Gasteiger partial charge on any atom is 0.406 e. The van der Waals surface area contributed by atoms with Gasteiger partial charge in [-0.3, -0.25) is 9.59 Å². The standard InChI is InChI=1S/C26H24Cl2F4N2O3S/c1-25(14-9-17(27)21(29)18(28)10-14)11-19(33-37-25)22-15-4-2-3-5-16(15)23(38-22)20(35)8-13-6-7-34(24(13)36)12-26(30,31)32/h9-10,13H,2-8,11-12H2,1H3. The van der Waals surface area contributed by atoms with E-state index in [2.05, 4.69) is 5.16 Å². The van der Waals surface area contributed by atoms with Crippen LogP contribution in [0.1, 0.15) is 70.3 Å². The molecule has 0 spiro atoms. The number of oxime groups is 1. The molecule has 1 saturated heterocycles. The second kappa shape index (κ2) is 10.1. The second-order valence-corrected chi connectivity index (χ2v) is 12.0. The first-order valence-corrected chi connectivity index (χ1v) is 13.9. The molecule has 5 nitrogen and oxygen atoms in total. The molecule has 0 radical (unpaired) electrons. The van der Waals surface area contributed by atoms with E-state index >= 15 is 0 Å². The van der Waals surface area contributed by atoms with Gasteiger partial charge in [-0.2, -0.15) is 13.2 Å². The van der Waals surface area contributed by atoms with Gasteiger partial charge >= 0.3 is 6.18 Å². The number of Topliss-reactive ketones (excluding diaryl/α,β-unsaturated/α-hetero) is 1. The van der Waals surface area contributed by atoms with Gasteiger partial charge in [0, 0.05) is 30.9 Å². The highest BCUT2D eigenvalue weighted by Crippen LogP contribution is 2.43. The van der Waals surface area contributed by atoms with E-state index in [0.29, 0.717) is 29.0 Å². The van der Waals surface area contributed by atoms with Crippen LogP contribution in [0.25, 0.3) is 0 Å². The van der Waals surface area contributed by atoms with Gasteiger partial charge in [0.1, 0.15) is 12.3 Å². The van der Waals surface area contributed by atoms with E-state index in [4.69, 9.17) is 28.0 Å². The molecule has 3 aliphatic rings. The number of likely N-dealkylation sites (tertiary alicyclic amines) is 1. The molecule has 3 heterocycles. The van der Waals surface area contributed by atoms with Gasteiger partial charge in [0.15, 0.2) is 17.2 Å². The molecule has 1 amide bonds. The molecular formula is C26H24Cl2F4N2O3S. The average Bonchev–Trinajstić information content (AvgIpc) is 3.53. The third-order valence-electron chi connectivity index (χ3n) is 7.40. The molecule has 204 valence electrons. The summed E-state index contributed by atoms with van der Waals surface area (Å²) in [5.41, 5.74) is 2.24. The van der Waals surface area contributed by atoms with Crippen molar-refractivity contribution in [2.24, 2.45) is 11.1 Å². The zero-order chi connectivity index (χ0) is 27.4. The number of hydrogen-bond donors (Lipinski definition) is 0. The predicted octanol–water partition coefficient (Wildman–Crippen LogP) is 7.10. The third kappa shape index (κ3) is 5.19. The van der Waals surface area contributed by atoms with Crippen molar-refractivity contribution in [3.63, 3.8) is 0 Å². The Morgan fingerprint density at radius 2 is 1.87 bits per heavy atom. The van der Waals surface area contributed by atoms with Gasteiger partial charge < -0.3 is 9.74 Å². The van der Waals surface area contributed by atoms with Crippen molar-refractivity contribution >= 4 is 51.9 Å². The molecule has 1 aliphatic carbocycles. The SMILES string of the molecule is CC1(c2cc(Cl)c(F)c(Cl)c2)CC(c2sc(C(=O)CC3CCN(CC(F)(F)F)C3=O)c3c2CCCC3)=NO1. The Morgan fingerprint density at radius 3 is 2.53 bits per heavy atom. The fourth-order valence-corrected chi connectivity index (χ4v) is 7.26. The lowest BCUT2D eigenvalue weighted by atomic mass is 9.86. The minimum Gasteiger partial charge on any atom is -0.384 e.